The van der Waals surface area contributed by atoms with Crippen LogP contribution in [0, 0.1) is 13.8 Å². The summed E-state index contributed by atoms with van der Waals surface area (Å²) < 4.78 is 29.5. The van der Waals surface area contributed by atoms with E-state index in [-0.39, 0.29) is 10.5 Å². The Morgan fingerprint density at radius 3 is 2.46 bits per heavy atom. The maximum atomic E-state index is 12.9. The fraction of sp³-hybridized carbons (Fsp3) is 0.259. The van der Waals surface area contributed by atoms with Crippen LogP contribution in [0.5, 0.6) is 0 Å². The molecule has 1 aromatic heterocycles. The molecule has 1 heterocycles. The van der Waals surface area contributed by atoms with E-state index in [1.54, 1.807) is 30.3 Å². The van der Waals surface area contributed by atoms with Crippen molar-refractivity contribution in [3.05, 3.63) is 93.8 Å². The number of fused-ring (bicyclic) bond motifs is 1. The highest BCUT2D eigenvalue weighted by atomic mass is 35.5. The summed E-state index contributed by atoms with van der Waals surface area (Å²) >= 11 is 6.59. The molecule has 8 heteroatoms. The predicted molar refractivity (Wildman–Crippen MR) is 139 cm³/mol. The van der Waals surface area contributed by atoms with E-state index in [2.05, 4.69) is 22.7 Å². The van der Waals surface area contributed by atoms with Crippen LogP contribution in [0.2, 0.25) is 5.02 Å². The van der Waals surface area contributed by atoms with Gasteiger partial charge in [0.25, 0.3) is 15.9 Å². The average molecular weight is 510 g/mol. The zero-order valence-corrected chi connectivity index (χ0v) is 21.6. The number of sulfonamides is 1. The number of unbranched alkanes of at least 4 members (excludes halogenated alkanes) is 1. The van der Waals surface area contributed by atoms with Crippen molar-refractivity contribution < 1.29 is 13.2 Å². The van der Waals surface area contributed by atoms with Crippen LogP contribution < -0.4 is 4.72 Å². The number of amides is 1. The van der Waals surface area contributed by atoms with Gasteiger partial charge in [0.2, 0.25) is 0 Å². The molecule has 1 N–H and O–H groups in total. The number of benzene rings is 3. The number of carbonyl (C=O) groups excluding carboxylic acids is 1. The van der Waals surface area contributed by atoms with Crippen LogP contribution in [0.3, 0.4) is 0 Å². The lowest BCUT2D eigenvalue weighted by Gasteiger charge is -2.11. The summed E-state index contributed by atoms with van der Waals surface area (Å²) in [7, 11) is -3.99. The molecule has 0 aliphatic heterocycles. The first-order valence-corrected chi connectivity index (χ1v) is 13.4. The van der Waals surface area contributed by atoms with E-state index >= 15 is 0 Å². The van der Waals surface area contributed by atoms with Gasteiger partial charge in [-0.1, -0.05) is 54.8 Å². The van der Waals surface area contributed by atoms with Gasteiger partial charge < -0.3 is 4.57 Å². The summed E-state index contributed by atoms with van der Waals surface area (Å²) in [6.07, 6.45) is 3.24. The highest BCUT2D eigenvalue weighted by molar-refractivity contribution is 7.90. The molecule has 0 unspecified atom stereocenters. The van der Waals surface area contributed by atoms with E-state index in [1.165, 1.54) is 17.7 Å². The van der Waals surface area contributed by atoms with E-state index in [0.29, 0.717) is 11.6 Å². The highest BCUT2D eigenvalue weighted by Crippen LogP contribution is 2.24. The number of halogens is 1. The van der Waals surface area contributed by atoms with Gasteiger partial charge in [0, 0.05) is 10.6 Å². The zero-order valence-electron chi connectivity index (χ0n) is 20.0. The number of nitrogens with zero attached hydrogens (tertiary/aromatic N) is 2. The lowest BCUT2D eigenvalue weighted by Crippen LogP contribution is -2.30. The van der Waals surface area contributed by atoms with Gasteiger partial charge in [0.05, 0.1) is 22.5 Å². The third-order valence-electron chi connectivity index (χ3n) is 6.02. The largest absolute Gasteiger partial charge is 0.324 e. The number of nitrogens with one attached hydrogen (secondary N) is 1. The lowest BCUT2D eigenvalue weighted by molar-refractivity contribution is 0.0981. The van der Waals surface area contributed by atoms with Crippen molar-refractivity contribution in [2.24, 2.45) is 0 Å². The van der Waals surface area contributed by atoms with Gasteiger partial charge in [0.15, 0.2) is 0 Å². The Balaban J connectivity index is 1.61. The second-order valence-electron chi connectivity index (χ2n) is 8.73. The van der Waals surface area contributed by atoms with Crippen LogP contribution in [-0.4, -0.2) is 23.9 Å². The van der Waals surface area contributed by atoms with E-state index in [1.807, 2.05) is 30.5 Å². The number of carbonyl (C=O) groups is 1. The Morgan fingerprint density at radius 2 is 1.77 bits per heavy atom. The van der Waals surface area contributed by atoms with Crippen molar-refractivity contribution in [1.82, 2.24) is 14.3 Å². The van der Waals surface area contributed by atoms with Gasteiger partial charge in [-0.15, -0.1) is 0 Å². The molecule has 3 aromatic carbocycles. The molecule has 0 bridgehead atoms. The van der Waals surface area contributed by atoms with Gasteiger partial charge in [-0.05, 0) is 74.2 Å². The van der Waals surface area contributed by atoms with Crippen LogP contribution in [0.25, 0.3) is 11.0 Å². The van der Waals surface area contributed by atoms with Crippen molar-refractivity contribution >= 4 is 38.6 Å². The van der Waals surface area contributed by atoms with Gasteiger partial charge in [-0.25, -0.2) is 18.1 Å². The van der Waals surface area contributed by atoms with E-state index in [0.717, 1.165) is 47.2 Å². The number of rotatable bonds is 8. The number of aromatic nitrogens is 2. The first-order valence-electron chi connectivity index (χ1n) is 11.6. The van der Waals surface area contributed by atoms with Gasteiger partial charge in [-0.2, -0.15) is 0 Å². The second-order valence-corrected chi connectivity index (χ2v) is 10.8. The van der Waals surface area contributed by atoms with Crippen LogP contribution in [0.1, 0.15) is 52.6 Å². The first kappa shape index (κ1) is 24.9. The zero-order chi connectivity index (χ0) is 25.2. The van der Waals surface area contributed by atoms with Crippen molar-refractivity contribution in [2.45, 2.75) is 51.5 Å². The molecule has 0 spiro atoms. The summed E-state index contributed by atoms with van der Waals surface area (Å²) in [5.41, 5.74) is 4.77. The molecule has 6 nitrogen and oxygen atoms in total. The molecule has 4 rings (SSSR count). The Hall–Kier alpha value is -3.16. The van der Waals surface area contributed by atoms with E-state index < -0.39 is 15.9 Å². The first-order chi connectivity index (χ1) is 16.7. The summed E-state index contributed by atoms with van der Waals surface area (Å²) in [6, 6.07) is 17.4. The Morgan fingerprint density at radius 1 is 1.03 bits per heavy atom. The van der Waals surface area contributed by atoms with Crippen molar-refractivity contribution in [1.29, 1.82) is 0 Å². The molecule has 0 aliphatic carbocycles. The monoisotopic (exact) mass is 509 g/mol. The molecule has 182 valence electrons. The van der Waals surface area contributed by atoms with Crippen molar-refractivity contribution in [3.8, 4) is 0 Å². The molecule has 0 fully saturated rings. The summed E-state index contributed by atoms with van der Waals surface area (Å²) in [6.45, 7) is 6.41. The SMILES string of the molecule is CCCCc1ccc(Cn2c(C)nc3ccc(C(=O)NS(=O)(=O)c4ccc(C)cc4)cc32)c(Cl)c1. The molecular formula is C27H28ClN3O3S. The maximum absolute atomic E-state index is 12.9. The Labute approximate surface area is 211 Å². The van der Waals surface area contributed by atoms with Crippen LogP contribution in [0.4, 0.5) is 0 Å². The molecular weight excluding hydrogens is 482 g/mol. The number of imidazole rings is 1. The summed E-state index contributed by atoms with van der Waals surface area (Å²) in [5, 5.41) is 0.693. The Kier molecular flexibility index (Phi) is 7.28. The van der Waals surface area contributed by atoms with Crippen molar-refractivity contribution in [3.63, 3.8) is 0 Å². The topological polar surface area (TPSA) is 81.1 Å². The molecule has 4 aromatic rings. The molecule has 0 aliphatic rings. The highest BCUT2D eigenvalue weighted by Gasteiger charge is 2.20. The van der Waals surface area contributed by atoms with Gasteiger partial charge in [-0.3, -0.25) is 4.79 Å². The fourth-order valence-electron chi connectivity index (χ4n) is 3.97. The lowest BCUT2D eigenvalue weighted by atomic mass is 10.1. The molecule has 0 saturated heterocycles. The molecule has 0 saturated carbocycles. The number of aryl methyl sites for hydroxylation is 3. The molecule has 0 atom stereocenters. The van der Waals surface area contributed by atoms with Crippen molar-refractivity contribution in [2.75, 3.05) is 0 Å². The van der Waals surface area contributed by atoms with Gasteiger partial charge in [0.1, 0.15) is 5.82 Å². The third kappa shape index (κ3) is 5.57. The summed E-state index contributed by atoms with van der Waals surface area (Å²) in [5.74, 6) is 0.0761. The maximum Gasteiger partial charge on any atom is 0.265 e. The quantitative estimate of drug-likeness (QED) is 0.324. The minimum atomic E-state index is -3.99. The molecule has 35 heavy (non-hydrogen) atoms. The number of hydrogen-bond donors (Lipinski definition) is 1. The normalized spacial score (nSPS) is 11.7. The summed E-state index contributed by atoms with van der Waals surface area (Å²) in [4.78, 5) is 17.5. The minimum absolute atomic E-state index is 0.0374. The third-order valence-corrected chi connectivity index (χ3v) is 7.72. The van der Waals surface area contributed by atoms with E-state index in [9.17, 15) is 13.2 Å². The second kappa shape index (κ2) is 10.2. The van der Waals surface area contributed by atoms with Crippen LogP contribution in [-0.2, 0) is 23.0 Å². The Bertz CT molecular complexity index is 1490. The standard InChI is InChI=1S/C27H28ClN3O3S/c1-4-5-6-20-9-10-22(24(28)15-20)17-31-19(3)29-25-14-11-21(16-26(25)31)27(32)30-35(33,34)23-12-7-18(2)8-13-23/h7-16H,4-6,17H2,1-3H3,(H,30,32). The smallest absolute Gasteiger partial charge is 0.265 e. The van der Waals surface area contributed by atoms with Crippen LogP contribution >= 0.6 is 11.6 Å². The molecule has 0 radical (unpaired) electrons. The fourth-order valence-corrected chi connectivity index (χ4v) is 5.20. The average Bonchev–Trinajstić information content (AvgIpc) is 3.13. The van der Waals surface area contributed by atoms with Gasteiger partial charge >= 0.3 is 0 Å². The molecule has 1 amide bonds. The van der Waals surface area contributed by atoms with Crippen LogP contribution in [0.15, 0.2) is 65.6 Å². The number of hydrogen-bond acceptors (Lipinski definition) is 4. The van der Waals surface area contributed by atoms with E-state index in [4.69, 9.17) is 11.6 Å². The minimum Gasteiger partial charge on any atom is -0.324 e. The predicted octanol–water partition coefficient (Wildman–Crippen LogP) is 5.82.